The number of hydrogen-bond donors (Lipinski definition) is 1. The third-order valence-electron chi connectivity index (χ3n) is 9.71. The Morgan fingerprint density at radius 3 is 2.49 bits per heavy atom. The summed E-state index contributed by atoms with van der Waals surface area (Å²) in [6, 6.07) is 17.7. The first kappa shape index (κ1) is 27.7. The number of benzene rings is 2. The summed E-state index contributed by atoms with van der Waals surface area (Å²) < 4.78 is 15.6. The molecule has 2 aromatic carbocycles. The van der Waals surface area contributed by atoms with Crippen molar-refractivity contribution in [1.82, 2.24) is 20.0 Å². The summed E-state index contributed by atoms with van der Waals surface area (Å²) in [5.41, 5.74) is 7.62. The first-order chi connectivity index (χ1) is 19.9. The molecule has 3 aliphatic rings. The van der Waals surface area contributed by atoms with E-state index < -0.39 is 0 Å². The number of halogens is 1. The van der Waals surface area contributed by atoms with E-state index in [0.29, 0.717) is 12.0 Å². The Morgan fingerprint density at radius 1 is 1.05 bits per heavy atom. The summed E-state index contributed by atoms with van der Waals surface area (Å²) in [7, 11) is 0. The monoisotopic (exact) mass is 554 g/mol. The van der Waals surface area contributed by atoms with Crippen molar-refractivity contribution < 1.29 is 9.18 Å². The maximum absolute atomic E-state index is 13.9. The van der Waals surface area contributed by atoms with Crippen molar-refractivity contribution in [3.8, 4) is 5.69 Å². The largest absolute Gasteiger partial charge is 0.331 e. The van der Waals surface area contributed by atoms with E-state index in [1.165, 1.54) is 53.8 Å². The number of allylic oxidation sites excluding steroid dienone is 2. The van der Waals surface area contributed by atoms with Crippen molar-refractivity contribution >= 4 is 6.03 Å². The Labute approximate surface area is 243 Å². The van der Waals surface area contributed by atoms with Gasteiger partial charge in [-0.25, -0.2) is 13.9 Å². The van der Waals surface area contributed by atoms with Gasteiger partial charge in [0.25, 0.3) is 0 Å². The topological polar surface area (TPSA) is 50.2 Å². The molecule has 216 valence electrons. The van der Waals surface area contributed by atoms with Gasteiger partial charge in [0.05, 0.1) is 23.6 Å². The van der Waals surface area contributed by atoms with Crippen LogP contribution < -0.4 is 5.32 Å². The molecule has 0 radical (unpaired) electrons. The zero-order chi connectivity index (χ0) is 28.5. The minimum absolute atomic E-state index is 0.0408. The van der Waals surface area contributed by atoms with E-state index in [1.807, 2.05) is 16.9 Å². The number of carbonyl (C=O) groups excluding carboxylic acids is 1. The Hall–Kier alpha value is -3.41. The van der Waals surface area contributed by atoms with Crippen LogP contribution in [-0.4, -0.2) is 32.8 Å². The molecule has 1 fully saturated rings. The number of fused-ring (bicyclic) bond motifs is 1. The molecule has 6 heteroatoms. The number of carbonyl (C=O) groups is 1. The highest BCUT2D eigenvalue weighted by Crippen LogP contribution is 2.49. The van der Waals surface area contributed by atoms with Crippen LogP contribution in [0.15, 0.2) is 71.9 Å². The van der Waals surface area contributed by atoms with Crippen LogP contribution in [0.1, 0.15) is 101 Å². The highest BCUT2D eigenvalue weighted by Gasteiger charge is 2.38. The van der Waals surface area contributed by atoms with Gasteiger partial charge < -0.3 is 10.2 Å². The van der Waals surface area contributed by atoms with Gasteiger partial charge in [0, 0.05) is 30.0 Å². The minimum atomic E-state index is -0.234. The van der Waals surface area contributed by atoms with Crippen LogP contribution in [0.3, 0.4) is 0 Å². The fourth-order valence-electron chi connectivity index (χ4n) is 7.78. The molecule has 0 aliphatic heterocycles. The minimum Gasteiger partial charge on any atom is -0.331 e. The van der Waals surface area contributed by atoms with Crippen molar-refractivity contribution in [2.75, 3.05) is 0 Å². The van der Waals surface area contributed by atoms with Gasteiger partial charge in [0.1, 0.15) is 5.82 Å². The second kappa shape index (κ2) is 11.8. The number of amides is 2. The predicted molar refractivity (Wildman–Crippen MR) is 162 cm³/mol. The normalized spacial score (nSPS) is 21.5. The molecule has 5 nitrogen and oxygen atoms in total. The number of nitrogens with zero attached hydrogens (tertiary/aromatic N) is 3. The Morgan fingerprint density at radius 2 is 1.78 bits per heavy atom. The number of aromatic nitrogens is 2. The molecule has 1 heterocycles. The van der Waals surface area contributed by atoms with Crippen LogP contribution in [0, 0.1) is 11.7 Å². The Bertz CT molecular complexity index is 1390. The second-order valence-corrected chi connectivity index (χ2v) is 12.6. The van der Waals surface area contributed by atoms with Crippen molar-refractivity contribution in [2.45, 2.75) is 103 Å². The van der Waals surface area contributed by atoms with Crippen LogP contribution in [0.25, 0.3) is 5.69 Å². The lowest BCUT2D eigenvalue weighted by Crippen LogP contribution is -2.51. The molecule has 3 atom stereocenters. The number of rotatable bonds is 7. The van der Waals surface area contributed by atoms with Gasteiger partial charge in [0.15, 0.2) is 0 Å². The van der Waals surface area contributed by atoms with Gasteiger partial charge in [-0.05, 0) is 81.7 Å². The zero-order valence-corrected chi connectivity index (χ0v) is 24.7. The quantitative estimate of drug-likeness (QED) is 0.299. The Balaban J connectivity index is 1.24. The summed E-state index contributed by atoms with van der Waals surface area (Å²) >= 11 is 0. The average molecular weight is 555 g/mol. The summed E-state index contributed by atoms with van der Waals surface area (Å²) in [6.45, 7) is 6.60. The number of nitrogens with one attached hydrogen (secondary N) is 1. The van der Waals surface area contributed by atoms with Gasteiger partial charge in [0.2, 0.25) is 0 Å². The summed E-state index contributed by atoms with van der Waals surface area (Å²) in [5, 5.41) is 8.25. The summed E-state index contributed by atoms with van der Waals surface area (Å²) in [4.78, 5) is 16.0. The first-order valence-electron chi connectivity index (χ1n) is 15.6. The maximum Gasteiger partial charge on any atom is 0.318 e. The van der Waals surface area contributed by atoms with Gasteiger partial charge in [-0.1, -0.05) is 67.7 Å². The van der Waals surface area contributed by atoms with Crippen LogP contribution in [0.5, 0.6) is 0 Å². The molecule has 2 amide bonds. The van der Waals surface area contributed by atoms with Gasteiger partial charge in [-0.2, -0.15) is 5.10 Å². The molecule has 1 saturated carbocycles. The van der Waals surface area contributed by atoms with Crippen molar-refractivity contribution in [1.29, 1.82) is 0 Å². The molecule has 6 rings (SSSR count). The molecule has 1 N–H and O–H groups in total. The van der Waals surface area contributed by atoms with Crippen LogP contribution >= 0.6 is 0 Å². The van der Waals surface area contributed by atoms with E-state index in [-0.39, 0.29) is 29.8 Å². The van der Waals surface area contributed by atoms with E-state index in [0.717, 1.165) is 44.2 Å². The highest BCUT2D eigenvalue weighted by molar-refractivity contribution is 5.75. The molecule has 0 bridgehead atoms. The average Bonchev–Trinajstić information content (AvgIpc) is 3.59. The molecular formula is C35H43FN4O. The first-order valence-corrected chi connectivity index (χ1v) is 15.6. The zero-order valence-electron chi connectivity index (χ0n) is 24.7. The van der Waals surface area contributed by atoms with Crippen molar-refractivity contribution in [3.63, 3.8) is 0 Å². The van der Waals surface area contributed by atoms with Crippen molar-refractivity contribution in [3.05, 3.63) is 94.6 Å². The predicted octanol–water partition coefficient (Wildman–Crippen LogP) is 8.26. The van der Waals surface area contributed by atoms with E-state index in [9.17, 15) is 9.18 Å². The summed E-state index contributed by atoms with van der Waals surface area (Å²) in [6.07, 6.45) is 11.9. The third kappa shape index (κ3) is 5.58. The lowest BCUT2D eigenvalue weighted by molar-refractivity contribution is 0.130. The molecule has 0 spiro atoms. The maximum atomic E-state index is 13.9. The Kier molecular flexibility index (Phi) is 8.01. The molecular weight excluding hydrogens is 511 g/mol. The van der Waals surface area contributed by atoms with Gasteiger partial charge in [-0.15, -0.1) is 0 Å². The number of urea groups is 1. The van der Waals surface area contributed by atoms with Crippen LogP contribution in [0.4, 0.5) is 9.18 Å². The van der Waals surface area contributed by atoms with Gasteiger partial charge in [-0.3, -0.25) is 0 Å². The fourth-order valence-corrected chi connectivity index (χ4v) is 7.78. The van der Waals surface area contributed by atoms with E-state index in [2.05, 4.69) is 55.3 Å². The standard InChI is InChI=1S/C35H43FN4O/c1-23(2)39(29-12-8-5-9-13-29)35(41)38-32(25-10-6-4-7-11-25)20-26-14-15-27-21-33-31(24(3)34(26)27)22-37-40(33)30-18-16-28(36)17-19-30/h4,6-7,10-11,16-19,22-24,26,29,32H,5,8-9,12-15,20-21H2,1-3H3,(H,38,41)/t24-,26+,32?/m0/s1. The summed E-state index contributed by atoms with van der Waals surface area (Å²) in [5.74, 6) is 0.453. The molecule has 3 aliphatic carbocycles. The van der Waals surface area contributed by atoms with E-state index >= 15 is 0 Å². The molecule has 1 aromatic heterocycles. The third-order valence-corrected chi connectivity index (χ3v) is 9.71. The van der Waals surface area contributed by atoms with Gasteiger partial charge >= 0.3 is 6.03 Å². The molecule has 1 unspecified atom stereocenters. The second-order valence-electron chi connectivity index (χ2n) is 12.6. The number of hydrogen-bond acceptors (Lipinski definition) is 2. The van der Waals surface area contributed by atoms with Crippen molar-refractivity contribution in [2.24, 2.45) is 5.92 Å². The smallest absolute Gasteiger partial charge is 0.318 e. The van der Waals surface area contributed by atoms with Crippen LogP contribution in [-0.2, 0) is 6.42 Å². The lowest BCUT2D eigenvalue weighted by Gasteiger charge is -2.38. The molecule has 0 saturated heterocycles. The molecule has 3 aromatic rings. The lowest BCUT2D eigenvalue weighted by atomic mass is 9.78. The highest BCUT2D eigenvalue weighted by atomic mass is 19.1. The fraction of sp³-hybridized carbons (Fsp3) is 0.486. The molecule has 41 heavy (non-hydrogen) atoms. The van der Waals surface area contributed by atoms with Crippen LogP contribution in [0.2, 0.25) is 0 Å². The van der Waals surface area contributed by atoms with E-state index in [4.69, 9.17) is 5.10 Å². The SMILES string of the molecule is CC(C)N(C(=O)NC(C[C@H]1CCC2=C1[C@@H](C)c1cnn(-c3ccc(F)cc3)c1C2)c1ccccc1)C1CCCCC1. The van der Waals surface area contributed by atoms with E-state index in [1.54, 1.807) is 17.7 Å².